The quantitative estimate of drug-likeness (QED) is 0.909. The summed E-state index contributed by atoms with van der Waals surface area (Å²) in [5.74, 6) is 0.270. The summed E-state index contributed by atoms with van der Waals surface area (Å²) in [5.41, 5.74) is 1.32. The van der Waals surface area contributed by atoms with Crippen LogP contribution in [0, 0.1) is 0 Å². The highest BCUT2D eigenvalue weighted by atomic mass is 35.5. The van der Waals surface area contributed by atoms with Crippen LogP contribution in [0.2, 0.25) is 5.02 Å². The summed E-state index contributed by atoms with van der Waals surface area (Å²) in [4.78, 5) is 22.3. The maximum Gasteiger partial charge on any atom is 0.277 e. The summed E-state index contributed by atoms with van der Waals surface area (Å²) in [6.07, 6.45) is 4.41. The van der Waals surface area contributed by atoms with E-state index in [0.29, 0.717) is 16.0 Å². The van der Waals surface area contributed by atoms with E-state index in [9.17, 15) is 4.79 Å². The van der Waals surface area contributed by atoms with Gasteiger partial charge in [0.1, 0.15) is 11.5 Å². The number of nitrogens with one attached hydrogen (secondary N) is 2. The lowest BCUT2D eigenvalue weighted by Gasteiger charge is -2.06. The number of pyridine rings is 1. The van der Waals surface area contributed by atoms with Gasteiger partial charge < -0.3 is 5.32 Å². The molecule has 21 heavy (non-hydrogen) atoms. The average molecular weight is 323 g/mol. The van der Waals surface area contributed by atoms with Crippen LogP contribution in [0.4, 0.5) is 10.9 Å². The molecule has 1 amide bonds. The van der Waals surface area contributed by atoms with Crippen molar-refractivity contribution < 1.29 is 4.79 Å². The second-order valence-electron chi connectivity index (χ2n) is 4.83. The molecule has 0 spiro atoms. The molecule has 110 valence electrons. The molecular weight excluding hydrogens is 308 g/mol. The zero-order chi connectivity index (χ0) is 14.8. The fraction of sp³-hybridized carbons (Fsp3) is 0.357. The number of anilines is 2. The van der Waals surface area contributed by atoms with Crippen LogP contribution in [0.25, 0.3) is 0 Å². The molecule has 0 fully saturated rings. The maximum atomic E-state index is 12.3. The fourth-order valence-electron chi connectivity index (χ4n) is 2.30. The molecule has 7 heteroatoms. The van der Waals surface area contributed by atoms with Crippen molar-refractivity contribution >= 4 is 39.8 Å². The second kappa shape index (κ2) is 5.99. The Balaban J connectivity index is 1.81. The van der Waals surface area contributed by atoms with E-state index in [1.54, 1.807) is 30.5 Å². The Bertz CT molecular complexity index is 662. The highest BCUT2D eigenvalue weighted by Gasteiger charge is 2.19. The zero-order valence-corrected chi connectivity index (χ0v) is 13.1. The first-order valence-corrected chi connectivity index (χ1v) is 8.01. The van der Waals surface area contributed by atoms with Gasteiger partial charge in [0.25, 0.3) is 5.91 Å². The van der Waals surface area contributed by atoms with Gasteiger partial charge in [0.2, 0.25) is 0 Å². The number of nitrogens with zero attached hydrogens (tertiary/aromatic N) is 2. The van der Waals surface area contributed by atoms with Gasteiger partial charge in [0.15, 0.2) is 5.13 Å². The Morgan fingerprint density at radius 3 is 2.86 bits per heavy atom. The van der Waals surface area contributed by atoms with Gasteiger partial charge in [-0.25, -0.2) is 9.97 Å². The van der Waals surface area contributed by atoms with Crippen LogP contribution < -0.4 is 10.6 Å². The fourth-order valence-corrected chi connectivity index (χ4v) is 3.54. The minimum absolute atomic E-state index is 0.205. The molecule has 2 heterocycles. The first kappa shape index (κ1) is 14.3. The minimum Gasteiger partial charge on any atom is -0.373 e. The zero-order valence-electron chi connectivity index (χ0n) is 11.6. The number of hydrogen-bond acceptors (Lipinski definition) is 5. The molecule has 1 aliphatic rings. The smallest absolute Gasteiger partial charge is 0.277 e. The van der Waals surface area contributed by atoms with Gasteiger partial charge >= 0.3 is 0 Å². The third kappa shape index (κ3) is 3.01. The molecule has 2 aromatic heterocycles. The number of aromatic nitrogens is 2. The molecule has 0 saturated heterocycles. The maximum absolute atomic E-state index is 12.3. The third-order valence-corrected chi connectivity index (χ3v) is 4.76. The van der Waals surface area contributed by atoms with Gasteiger partial charge in [-0.3, -0.25) is 10.1 Å². The molecule has 2 aromatic rings. The standard InChI is InChI=1S/C14H15ClN4OS/c1-16-11-7-6-8(15)12(18-11)13(20)19-14-17-9-4-2-3-5-10(9)21-14/h6-7H,2-5H2,1H3,(H,16,18)(H,17,19,20). The van der Waals surface area contributed by atoms with Gasteiger partial charge in [0, 0.05) is 11.9 Å². The normalized spacial score (nSPS) is 13.6. The SMILES string of the molecule is CNc1ccc(Cl)c(C(=O)Nc2nc3c(s2)CCCC3)n1. The molecule has 0 bridgehead atoms. The predicted molar refractivity (Wildman–Crippen MR) is 85.5 cm³/mol. The van der Waals surface area contributed by atoms with Crippen LogP contribution in [0.15, 0.2) is 12.1 Å². The van der Waals surface area contributed by atoms with Crippen LogP contribution in [-0.2, 0) is 12.8 Å². The summed E-state index contributed by atoms with van der Waals surface area (Å²) >= 11 is 7.59. The highest BCUT2D eigenvalue weighted by molar-refractivity contribution is 7.15. The first-order valence-electron chi connectivity index (χ1n) is 6.81. The number of hydrogen-bond donors (Lipinski definition) is 2. The lowest BCUT2D eigenvalue weighted by atomic mass is 10.0. The van der Waals surface area contributed by atoms with E-state index in [2.05, 4.69) is 20.6 Å². The van der Waals surface area contributed by atoms with Crippen molar-refractivity contribution in [3.8, 4) is 0 Å². The number of halogens is 1. The Kier molecular flexibility index (Phi) is 4.07. The van der Waals surface area contributed by atoms with Gasteiger partial charge in [0.05, 0.1) is 10.7 Å². The van der Waals surface area contributed by atoms with Crippen LogP contribution >= 0.6 is 22.9 Å². The Hall–Kier alpha value is -1.66. The van der Waals surface area contributed by atoms with Crippen molar-refractivity contribution in [3.05, 3.63) is 33.4 Å². The Morgan fingerprint density at radius 1 is 1.29 bits per heavy atom. The molecule has 0 radical (unpaired) electrons. The summed E-state index contributed by atoms with van der Waals surface area (Å²) in [6, 6.07) is 3.38. The van der Waals surface area contributed by atoms with Gasteiger partial charge in [-0.05, 0) is 37.8 Å². The second-order valence-corrected chi connectivity index (χ2v) is 6.32. The van der Waals surface area contributed by atoms with Gasteiger partial charge in [-0.1, -0.05) is 11.6 Å². The molecule has 0 aliphatic heterocycles. The minimum atomic E-state index is -0.330. The van der Waals surface area contributed by atoms with Crippen molar-refractivity contribution in [2.24, 2.45) is 0 Å². The lowest BCUT2D eigenvalue weighted by Crippen LogP contribution is -2.15. The van der Waals surface area contributed by atoms with Crippen LogP contribution in [0.1, 0.15) is 33.9 Å². The number of rotatable bonds is 3. The molecular formula is C14H15ClN4OS. The van der Waals surface area contributed by atoms with E-state index in [4.69, 9.17) is 11.6 Å². The molecule has 3 rings (SSSR count). The predicted octanol–water partition coefficient (Wildman–Crippen LogP) is 3.36. The average Bonchev–Trinajstić information content (AvgIpc) is 2.89. The molecule has 0 atom stereocenters. The summed E-state index contributed by atoms with van der Waals surface area (Å²) in [6.45, 7) is 0. The first-order chi connectivity index (χ1) is 10.2. The number of fused-ring (bicyclic) bond motifs is 1. The van der Waals surface area contributed by atoms with Crippen molar-refractivity contribution in [2.75, 3.05) is 17.7 Å². The summed E-state index contributed by atoms with van der Waals surface area (Å²) < 4.78 is 0. The highest BCUT2D eigenvalue weighted by Crippen LogP contribution is 2.30. The largest absolute Gasteiger partial charge is 0.373 e. The molecule has 0 saturated carbocycles. The number of aryl methyl sites for hydroxylation is 2. The molecule has 2 N–H and O–H groups in total. The Morgan fingerprint density at radius 2 is 2.10 bits per heavy atom. The monoisotopic (exact) mass is 322 g/mol. The van der Waals surface area contributed by atoms with Gasteiger partial charge in [-0.15, -0.1) is 11.3 Å². The summed E-state index contributed by atoms with van der Waals surface area (Å²) in [5, 5.41) is 6.64. The van der Waals surface area contributed by atoms with Crippen molar-refractivity contribution in [3.63, 3.8) is 0 Å². The van der Waals surface area contributed by atoms with Crippen molar-refractivity contribution in [1.82, 2.24) is 9.97 Å². The van der Waals surface area contributed by atoms with Crippen LogP contribution in [-0.4, -0.2) is 22.9 Å². The Labute approximate surface area is 131 Å². The van der Waals surface area contributed by atoms with Crippen LogP contribution in [0.5, 0.6) is 0 Å². The lowest BCUT2D eigenvalue weighted by molar-refractivity contribution is 0.102. The summed E-state index contributed by atoms with van der Waals surface area (Å²) in [7, 11) is 1.74. The number of carbonyl (C=O) groups is 1. The third-order valence-electron chi connectivity index (χ3n) is 3.38. The van der Waals surface area contributed by atoms with E-state index < -0.39 is 0 Å². The number of thiazole rings is 1. The van der Waals surface area contributed by atoms with E-state index in [1.165, 1.54) is 17.7 Å². The number of amides is 1. The van der Waals surface area contributed by atoms with Crippen molar-refractivity contribution in [2.45, 2.75) is 25.7 Å². The van der Waals surface area contributed by atoms with E-state index in [1.807, 2.05) is 0 Å². The topological polar surface area (TPSA) is 66.9 Å². The molecule has 1 aliphatic carbocycles. The van der Waals surface area contributed by atoms with E-state index in [0.717, 1.165) is 18.5 Å². The van der Waals surface area contributed by atoms with Crippen molar-refractivity contribution in [1.29, 1.82) is 0 Å². The van der Waals surface area contributed by atoms with Crippen LogP contribution in [0.3, 0.4) is 0 Å². The molecule has 0 unspecified atom stereocenters. The van der Waals surface area contributed by atoms with E-state index >= 15 is 0 Å². The molecule has 5 nitrogen and oxygen atoms in total. The van der Waals surface area contributed by atoms with E-state index in [-0.39, 0.29) is 11.6 Å². The van der Waals surface area contributed by atoms with Gasteiger partial charge in [-0.2, -0.15) is 0 Å². The number of carbonyl (C=O) groups excluding carboxylic acids is 1. The molecule has 0 aromatic carbocycles.